The highest BCUT2D eigenvalue weighted by molar-refractivity contribution is 8.00. The molecule has 9 nitrogen and oxygen atoms in total. The first-order valence-corrected chi connectivity index (χ1v) is 13.5. The van der Waals surface area contributed by atoms with E-state index in [0.29, 0.717) is 28.8 Å². The summed E-state index contributed by atoms with van der Waals surface area (Å²) < 4.78 is 7.12. The molecule has 40 heavy (non-hydrogen) atoms. The van der Waals surface area contributed by atoms with Crippen molar-refractivity contribution in [2.45, 2.75) is 23.9 Å². The fourth-order valence-corrected chi connectivity index (χ4v) is 4.99. The number of hydrogen-bond acceptors (Lipinski definition) is 8. The number of anilines is 1. The summed E-state index contributed by atoms with van der Waals surface area (Å²) in [6, 6.07) is 28.9. The molecule has 0 radical (unpaired) electrons. The average Bonchev–Trinajstić information content (AvgIpc) is 3.39. The Bertz CT molecular complexity index is 1650. The van der Waals surface area contributed by atoms with Gasteiger partial charge >= 0.3 is 0 Å². The summed E-state index contributed by atoms with van der Waals surface area (Å²) in [7, 11) is 1.54. The van der Waals surface area contributed by atoms with Gasteiger partial charge in [-0.05, 0) is 48.7 Å². The summed E-state index contributed by atoms with van der Waals surface area (Å²) in [5, 5.41) is 28.7. The molecular formula is C30H28N6O3S. The SMILES string of the molecule is COc1ccc(O)c(/C=N\NC(=O)[C@@H](C)Sc2nnc(CNc3cccc4ccccc34)n2-c2ccccc2)c1. The second-order valence-electron chi connectivity index (χ2n) is 8.87. The van der Waals surface area contributed by atoms with Gasteiger partial charge in [-0.1, -0.05) is 66.4 Å². The minimum Gasteiger partial charge on any atom is -0.507 e. The number of fused-ring (bicyclic) bond motifs is 1. The van der Waals surface area contributed by atoms with E-state index in [2.05, 4.69) is 44.2 Å². The van der Waals surface area contributed by atoms with Crippen molar-refractivity contribution in [3.63, 3.8) is 0 Å². The zero-order valence-electron chi connectivity index (χ0n) is 22.0. The molecule has 0 spiro atoms. The standard InChI is InChI=1S/C30H28N6O3S/c1-20(29(38)34-32-18-22-17-24(39-2)15-16-27(22)37)40-30-35-33-28(36(30)23-11-4-3-5-12-23)19-31-26-14-8-10-21-9-6-7-13-25(21)26/h3-18,20,31,37H,19H2,1-2H3,(H,34,38)/b32-18-/t20-/m1/s1. The van der Waals surface area contributed by atoms with Crippen LogP contribution < -0.4 is 15.5 Å². The molecule has 4 aromatic carbocycles. The molecule has 5 aromatic rings. The van der Waals surface area contributed by atoms with E-state index in [0.717, 1.165) is 22.1 Å². The number of nitrogens with zero attached hydrogens (tertiary/aromatic N) is 4. The molecule has 0 aliphatic rings. The van der Waals surface area contributed by atoms with E-state index in [1.54, 1.807) is 19.1 Å². The van der Waals surface area contributed by atoms with Crippen LogP contribution in [-0.2, 0) is 11.3 Å². The summed E-state index contributed by atoms with van der Waals surface area (Å²) in [4.78, 5) is 12.8. The molecule has 1 atom stereocenters. The zero-order valence-corrected chi connectivity index (χ0v) is 22.8. The molecule has 0 unspecified atom stereocenters. The monoisotopic (exact) mass is 552 g/mol. The number of benzene rings is 4. The highest BCUT2D eigenvalue weighted by Crippen LogP contribution is 2.28. The van der Waals surface area contributed by atoms with E-state index in [9.17, 15) is 9.90 Å². The van der Waals surface area contributed by atoms with Crippen LogP contribution in [0.5, 0.6) is 11.5 Å². The van der Waals surface area contributed by atoms with Gasteiger partial charge in [-0.3, -0.25) is 9.36 Å². The van der Waals surface area contributed by atoms with Gasteiger partial charge in [0, 0.05) is 22.3 Å². The maximum Gasteiger partial charge on any atom is 0.253 e. The fourth-order valence-electron chi connectivity index (χ4n) is 4.11. The van der Waals surface area contributed by atoms with E-state index < -0.39 is 5.25 Å². The summed E-state index contributed by atoms with van der Waals surface area (Å²) in [6.07, 6.45) is 1.37. The number of nitrogens with one attached hydrogen (secondary N) is 2. The Morgan fingerprint density at radius 1 is 1.05 bits per heavy atom. The van der Waals surface area contributed by atoms with Gasteiger partial charge in [-0.15, -0.1) is 10.2 Å². The number of amides is 1. The Labute approximate surface area is 235 Å². The van der Waals surface area contributed by atoms with E-state index in [-0.39, 0.29) is 11.7 Å². The predicted molar refractivity (Wildman–Crippen MR) is 158 cm³/mol. The number of methoxy groups -OCH3 is 1. The number of phenols is 1. The van der Waals surface area contributed by atoms with E-state index in [1.165, 1.54) is 31.2 Å². The maximum absolute atomic E-state index is 12.8. The summed E-state index contributed by atoms with van der Waals surface area (Å²) in [5.41, 5.74) is 4.85. The van der Waals surface area contributed by atoms with Crippen LogP contribution in [0, 0.1) is 0 Å². The largest absolute Gasteiger partial charge is 0.507 e. The van der Waals surface area contributed by atoms with E-state index >= 15 is 0 Å². The summed E-state index contributed by atoms with van der Waals surface area (Å²) >= 11 is 1.28. The smallest absolute Gasteiger partial charge is 0.253 e. The fraction of sp³-hybridized carbons (Fsp3) is 0.133. The first-order chi connectivity index (χ1) is 19.5. The maximum atomic E-state index is 12.8. The van der Waals surface area contributed by atoms with Crippen molar-refractivity contribution in [1.29, 1.82) is 0 Å². The second kappa shape index (κ2) is 12.4. The van der Waals surface area contributed by atoms with Crippen molar-refractivity contribution in [2.75, 3.05) is 12.4 Å². The molecule has 1 aromatic heterocycles. The summed E-state index contributed by atoms with van der Waals surface area (Å²) in [5.74, 6) is 0.991. The van der Waals surface area contributed by atoms with Gasteiger partial charge in [0.2, 0.25) is 0 Å². The normalized spacial score (nSPS) is 11.9. The van der Waals surface area contributed by atoms with E-state index in [1.807, 2.05) is 59.2 Å². The molecule has 1 heterocycles. The lowest BCUT2D eigenvalue weighted by Gasteiger charge is -2.14. The number of aromatic hydroxyl groups is 1. The molecule has 0 aliphatic carbocycles. The number of para-hydroxylation sites is 1. The molecule has 0 fully saturated rings. The number of phenolic OH excluding ortho intramolecular Hbond substituents is 1. The van der Waals surface area contributed by atoms with Crippen molar-refractivity contribution in [3.8, 4) is 17.2 Å². The molecule has 1 amide bonds. The predicted octanol–water partition coefficient (Wildman–Crippen LogP) is 5.38. The number of rotatable bonds is 10. The van der Waals surface area contributed by atoms with Gasteiger partial charge in [0.1, 0.15) is 11.5 Å². The van der Waals surface area contributed by atoms with Gasteiger partial charge < -0.3 is 15.2 Å². The lowest BCUT2D eigenvalue weighted by molar-refractivity contribution is -0.120. The number of carbonyl (C=O) groups excluding carboxylic acids is 1. The number of hydrogen-bond donors (Lipinski definition) is 3. The minimum absolute atomic E-state index is 0.0295. The third-order valence-corrected chi connectivity index (χ3v) is 7.25. The Balaban J connectivity index is 1.32. The number of carbonyl (C=O) groups is 1. The van der Waals surface area contributed by atoms with Crippen molar-refractivity contribution < 1.29 is 14.6 Å². The first kappa shape index (κ1) is 26.8. The molecule has 10 heteroatoms. The Morgan fingerprint density at radius 2 is 1.82 bits per heavy atom. The van der Waals surface area contributed by atoms with Crippen LogP contribution in [0.15, 0.2) is 101 Å². The number of hydrazone groups is 1. The van der Waals surface area contributed by atoms with E-state index in [4.69, 9.17) is 4.74 Å². The van der Waals surface area contributed by atoms with Crippen LogP contribution in [0.3, 0.4) is 0 Å². The van der Waals surface area contributed by atoms with Crippen molar-refractivity contribution in [2.24, 2.45) is 5.10 Å². The van der Waals surface area contributed by atoms with Gasteiger partial charge in [0.15, 0.2) is 11.0 Å². The van der Waals surface area contributed by atoms with Crippen LogP contribution in [0.2, 0.25) is 0 Å². The van der Waals surface area contributed by atoms with Gasteiger partial charge in [-0.25, -0.2) is 5.43 Å². The summed E-state index contributed by atoms with van der Waals surface area (Å²) in [6.45, 7) is 2.21. The van der Waals surface area contributed by atoms with Crippen LogP contribution in [0.1, 0.15) is 18.3 Å². The topological polar surface area (TPSA) is 114 Å². The Morgan fingerprint density at radius 3 is 2.65 bits per heavy atom. The second-order valence-corrected chi connectivity index (χ2v) is 10.2. The molecule has 0 bridgehead atoms. The zero-order chi connectivity index (χ0) is 27.9. The highest BCUT2D eigenvalue weighted by atomic mass is 32.2. The van der Waals surface area contributed by atoms with Crippen LogP contribution in [0.4, 0.5) is 5.69 Å². The Hall–Kier alpha value is -4.83. The van der Waals surface area contributed by atoms with Crippen LogP contribution in [0.25, 0.3) is 16.5 Å². The third kappa shape index (κ3) is 6.08. The molecule has 202 valence electrons. The van der Waals surface area contributed by atoms with Crippen molar-refractivity contribution >= 4 is 40.3 Å². The molecule has 0 saturated heterocycles. The highest BCUT2D eigenvalue weighted by Gasteiger charge is 2.21. The van der Waals surface area contributed by atoms with Gasteiger partial charge in [0.25, 0.3) is 5.91 Å². The quantitative estimate of drug-likeness (QED) is 0.121. The number of aromatic nitrogens is 3. The Kier molecular flexibility index (Phi) is 8.26. The van der Waals surface area contributed by atoms with Gasteiger partial charge in [0.05, 0.1) is 25.1 Å². The lowest BCUT2D eigenvalue weighted by atomic mass is 10.1. The molecule has 3 N–H and O–H groups in total. The minimum atomic E-state index is -0.526. The van der Waals surface area contributed by atoms with Crippen molar-refractivity contribution in [1.82, 2.24) is 20.2 Å². The van der Waals surface area contributed by atoms with Crippen molar-refractivity contribution in [3.05, 3.63) is 102 Å². The lowest BCUT2D eigenvalue weighted by Crippen LogP contribution is -2.27. The van der Waals surface area contributed by atoms with Gasteiger partial charge in [-0.2, -0.15) is 5.10 Å². The molecule has 5 rings (SSSR count). The number of ether oxygens (including phenoxy) is 1. The first-order valence-electron chi connectivity index (χ1n) is 12.6. The molecule has 0 saturated carbocycles. The number of thioether (sulfide) groups is 1. The molecule has 0 aliphatic heterocycles. The van der Waals surface area contributed by atoms with Crippen LogP contribution >= 0.6 is 11.8 Å². The van der Waals surface area contributed by atoms with Crippen LogP contribution in [-0.4, -0.2) is 44.4 Å². The third-order valence-electron chi connectivity index (χ3n) is 6.21. The molecular weight excluding hydrogens is 524 g/mol. The average molecular weight is 553 g/mol.